The Morgan fingerprint density at radius 1 is 0.889 bits per heavy atom. The van der Waals surface area contributed by atoms with Crippen LogP contribution in [0.4, 0.5) is 4.39 Å². The number of esters is 1. The molecule has 0 saturated heterocycles. The standard InChI is InChI=1S/C30H34FNO4/c1-30(2,3)36-29(35)26(19-20-32-28(34)24-14-16-25(31)17-15-24)27(33)18-11-21-9-12-23(13-10-21)22-7-5-4-6-8-22/h4-10,12-17,26-27,33H,11,18-20H2,1-3H3,(H,32,34). The number of ether oxygens (including phenoxy) is 1. The second-order valence-electron chi connectivity index (χ2n) is 9.86. The van der Waals surface area contributed by atoms with Gasteiger partial charge in [0.1, 0.15) is 11.4 Å². The molecule has 2 N–H and O–H groups in total. The Hall–Kier alpha value is -3.51. The van der Waals surface area contributed by atoms with Gasteiger partial charge in [0.15, 0.2) is 0 Å². The number of carbonyl (C=O) groups excluding carboxylic acids is 2. The van der Waals surface area contributed by atoms with Crippen LogP contribution >= 0.6 is 0 Å². The summed E-state index contributed by atoms with van der Waals surface area (Å²) in [5, 5.41) is 13.7. The monoisotopic (exact) mass is 491 g/mol. The molecule has 0 aromatic heterocycles. The molecule has 190 valence electrons. The van der Waals surface area contributed by atoms with Gasteiger partial charge in [0.2, 0.25) is 0 Å². The SMILES string of the molecule is CC(C)(C)OC(=O)C(CCNC(=O)c1ccc(F)cc1)C(O)CCc1ccc(-c2ccccc2)cc1. The van der Waals surface area contributed by atoms with Crippen molar-refractivity contribution in [2.24, 2.45) is 5.92 Å². The smallest absolute Gasteiger partial charge is 0.312 e. The molecule has 3 rings (SSSR count). The van der Waals surface area contributed by atoms with Gasteiger partial charge in [0, 0.05) is 12.1 Å². The van der Waals surface area contributed by atoms with Crippen molar-refractivity contribution in [1.29, 1.82) is 0 Å². The van der Waals surface area contributed by atoms with Gasteiger partial charge in [0.05, 0.1) is 12.0 Å². The van der Waals surface area contributed by atoms with E-state index < -0.39 is 29.4 Å². The number of nitrogens with one attached hydrogen (secondary N) is 1. The van der Waals surface area contributed by atoms with Crippen molar-refractivity contribution < 1.29 is 23.8 Å². The molecule has 0 spiro atoms. The summed E-state index contributed by atoms with van der Waals surface area (Å²) in [7, 11) is 0. The number of benzene rings is 3. The molecule has 2 unspecified atom stereocenters. The molecule has 0 radical (unpaired) electrons. The zero-order chi connectivity index (χ0) is 26.1. The molecule has 1 amide bonds. The average Bonchev–Trinajstić information content (AvgIpc) is 2.85. The van der Waals surface area contributed by atoms with Crippen LogP contribution in [0.3, 0.4) is 0 Å². The molecule has 0 aliphatic heterocycles. The summed E-state index contributed by atoms with van der Waals surface area (Å²) in [4.78, 5) is 25.2. The number of aryl methyl sites for hydroxylation is 1. The van der Waals surface area contributed by atoms with Gasteiger partial charge in [-0.25, -0.2) is 4.39 Å². The number of hydrogen-bond acceptors (Lipinski definition) is 4. The fraction of sp³-hybridized carbons (Fsp3) is 0.333. The summed E-state index contributed by atoms with van der Waals surface area (Å²) in [5.74, 6) is -2.08. The van der Waals surface area contributed by atoms with Crippen LogP contribution in [0.15, 0.2) is 78.9 Å². The highest BCUT2D eigenvalue weighted by Gasteiger charge is 2.31. The van der Waals surface area contributed by atoms with E-state index in [1.165, 1.54) is 24.3 Å². The first-order chi connectivity index (χ1) is 17.1. The Balaban J connectivity index is 1.59. The average molecular weight is 492 g/mol. The number of rotatable bonds is 10. The molecule has 0 bridgehead atoms. The summed E-state index contributed by atoms with van der Waals surface area (Å²) in [6.45, 7) is 5.50. The minimum atomic E-state index is -0.934. The van der Waals surface area contributed by atoms with E-state index in [-0.39, 0.29) is 18.9 Å². The van der Waals surface area contributed by atoms with Crippen LogP contribution in [0.1, 0.15) is 49.5 Å². The number of carbonyl (C=O) groups is 2. The predicted octanol–water partition coefficient (Wildman–Crippen LogP) is 5.56. The number of aliphatic hydroxyl groups excluding tert-OH is 1. The van der Waals surface area contributed by atoms with Crippen molar-refractivity contribution in [3.8, 4) is 11.1 Å². The summed E-state index contributed by atoms with van der Waals surface area (Å²) in [6.07, 6.45) is 0.255. The Kier molecular flexibility index (Phi) is 9.37. The summed E-state index contributed by atoms with van der Waals surface area (Å²) in [5.41, 5.74) is 2.94. The van der Waals surface area contributed by atoms with Crippen LogP contribution in [0.2, 0.25) is 0 Å². The van der Waals surface area contributed by atoms with Crippen molar-refractivity contribution >= 4 is 11.9 Å². The van der Waals surface area contributed by atoms with Gasteiger partial charge in [-0.3, -0.25) is 9.59 Å². The maximum atomic E-state index is 13.1. The first-order valence-electron chi connectivity index (χ1n) is 12.2. The maximum absolute atomic E-state index is 13.1. The van der Waals surface area contributed by atoms with E-state index in [2.05, 4.69) is 17.4 Å². The van der Waals surface area contributed by atoms with Crippen LogP contribution < -0.4 is 5.32 Å². The Bertz CT molecular complexity index is 1120. The lowest BCUT2D eigenvalue weighted by molar-refractivity contribution is -0.164. The van der Waals surface area contributed by atoms with Crippen LogP contribution in [-0.2, 0) is 16.0 Å². The lowest BCUT2D eigenvalue weighted by Gasteiger charge is -2.27. The van der Waals surface area contributed by atoms with Crippen molar-refractivity contribution in [3.63, 3.8) is 0 Å². The first-order valence-corrected chi connectivity index (χ1v) is 12.2. The van der Waals surface area contributed by atoms with Crippen LogP contribution in [0, 0.1) is 11.7 Å². The zero-order valence-corrected chi connectivity index (χ0v) is 21.0. The normalized spacial score (nSPS) is 13.0. The third-order valence-corrected chi connectivity index (χ3v) is 5.81. The highest BCUT2D eigenvalue weighted by atomic mass is 19.1. The molecule has 0 saturated carbocycles. The molecule has 0 fully saturated rings. The summed E-state index contributed by atoms with van der Waals surface area (Å²) >= 11 is 0. The molecule has 3 aromatic rings. The number of hydrogen-bond donors (Lipinski definition) is 2. The van der Waals surface area contributed by atoms with Gasteiger partial charge in [-0.05, 0) is 81.0 Å². The van der Waals surface area contributed by atoms with Crippen molar-refractivity contribution in [2.75, 3.05) is 6.54 Å². The fourth-order valence-electron chi connectivity index (χ4n) is 3.90. The summed E-state index contributed by atoms with van der Waals surface area (Å²) in [6, 6.07) is 23.5. The van der Waals surface area contributed by atoms with Gasteiger partial charge in [-0.15, -0.1) is 0 Å². The maximum Gasteiger partial charge on any atom is 0.312 e. The van der Waals surface area contributed by atoms with Crippen LogP contribution in [-0.4, -0.2) is 35.2 Å². The second kappa shape index (κ2) is 12.5. The quantitative estimate of drug-likeness (QED) is 0.364. The number of amides is 1. The van der Waals surface area contributed by atoms with E-state index in [0.29, 0.717) is 18.4 Å². The molecular formula is C30H34FNO4. The lowest BCUT2D eigenvalue weighted by Crippen LogP contribution is -2.37. The van der Waals surface area contributed by atoms with Crippen LogP contribution in [0.25, 0.3) is 11.1 Å². The van der Waals surface area contributed by atoms with Gasteiger partial charge >= 0.3 is 5.97 Å². The Labute approximate surface area is 212 Å². The minimum absolute atomic E-state index is 0.170. The molecule has 36 heavy (non-hydrogen) atoms. The van der Waals surface area contributed by atoms with E-state index in [1.54, 1.807) is 20.8 Å². The van der Waals surface area contributed by atoms with Crippen molar-refractivity contribution in [3.05, 3.63) is 95.8 Å². The second-order valence-corrected chi connectivity index (χ2v) is 9.86. The first kappa shape index (κ1) is 27.1. The van der Waals surface area contributed by atoms with Gasteiger partial charge in [-0.2, -0.15) is 0 Å². The van der Waals surface area contributed by atoms with Gasteiger partial charge in [-0.1, -0.05) is 54.6 Å². The highest BCUT2D eigenvalue weighted by Crippen LogP contribution is 2.23. The molecular weight excluding hydrogens is 457 g/mol. The third kappa shape index (κ3) is 8.31. The minimum Gasteiger partial charge on any atom is -0.460 e. The van der Waals surface area contributed by atoms with E-state index in [0.717, 1.165) is 16.7 Å². The molecule has 2 atom stereocenters. The largest absolute Gasteiger partial charge is 0.460 e. The Morgan fingerprint density at radius 3 is 2.11 bits per heavy atom. The van der Waals surface area contributed by atoms with Crippen molar-refractivity contribution in [2.45, 2.75) is 51.7 Å². The van der Waals surface area contributed by atoms with E-state index in [4.69, 9.17) is 4.74 Å². The molecule has 0 aliphatic carbocycles. The van der Waals surface area contributed by atoms with E-state index in [1.807, 2.05) is 42.5 Å². The molecule has 0 heterocycles. The van der Waals surface area contributed by atoms with Crippen LogP contribution in [0.5, 0.6) is 0 Å². The van der Waals surface area contributed by atoms with E-state index >= 15 is 0 Å². The fourth-order valence-corrected chi connectivity index (χ4v) is 3.90. The zero-order valence-electron chi connectivity index (χ0n) is 21.0. The van der Waals surface area contributed by atoms with Gasteiger partial charge in [0.25, 0.3) is 5.91 Å². The number of halogens is 1. The molecule has 6 heteroatoms. The predicted molar refractivity (Wildman–Crippen MR) is 139 cm³/mol. The topological polar surface area (TPSA) is 75.6 Å². The lowest BCUT2D eigenvalue weighted by atomic mass is 9.92. The van der Waals surface area contributed by atoms with Gasteiger partial charge < -0.3 is 15.2 Å². The highest BCUT2D eigenvalue weighted by molar-refractivity contribution is 5.94. The Morgan fingerprint density at radius 2 is 1.50 bits per heavy atom. The summed E-state index contributed by atoms with van der Waals surface area (Å²) < 4.78 is 18.6. The molecule has 5 nitrogen and oxygen atoms in total. The molecule has 3 aromatic carbocycles. The third-order valence-electron chi connectivity index (χ3n) is 5.81. The van der Waals surface area contributed by atoms with Crippen molar-refractivity contribution in [1.82, 2.24) is 5.32 Å². The molecule has 0 aliphatic rings. The van der Waals surface area contributed by atoms with E-state index in [9.17, 15) is 19.1 Å². The number of aliphatic hydroxyl groups is 1.